The average Bonchev–Trinajstić information content (AvgIpc) is 2.61. The minimum absolute atomic E-state index is 0.122. The zero-order valence-corrected chi connectivity index (χ0v) is 12.5. The lowest BCUT2D eigenvalue weighted by Gasteiger charge is -2.11. The number of rotatable bonds is 3. The monoisotopic (exact) mass is 302 g/mol. The van der Waals surface area contributed by atoms with Gasteiger partial charge in [0.2, 0.25) is 5.95 Å². The largest absolute Gasteiger partial charge is 0.508 e. The molecule has 23 heavy (non-hydrogen) atoms. The molecule has 3 aromatic rings. The quantitative estimate of drug-likeness (QED) is 0.774. The standard InChI is InChI=1S/C18H14N4O/c1-20-18-21-16(12-6-3-2-4-7-12)15(11-19)17(22-18)13-8-5-9-14(23)10-13/h2-10,23H,1H3,(H,20,21,22). The number of nitriles is 1. The van der Waals surface area contributed by atoms with E-state index in [9.17, 15) is 10.4 Å². The Morgan fingerprint density at radius 3 is 2.22 bits per heavy atom. The minimum Gasteiger partial charge on any atom is -0.508 e. The Balaban J connectivity index is 2.30. The van der Waals surface area contributed by atoms with Crippen molar-refractivity contribution in [3.63, 3.8) is 0 Å². The summed E-state index contributed by atoms with van der Waals surface area (Å²) in [5.41, 5.74) is 2.93. The van der Waals surface area contributed by atoms with E-state index in [0.717, 1.165) is 5.56 Å². The molecule has 0 saturated carbocycles. The fourth-order valence-electron chi connectivity index (χ4n) is 2.35. The van der Waals surface area contributed by atoms with E-state index in [-0.39, 0.29) is 5.75 Å². The third kappa shape index (κ3) is 2.83. The summed E-state index contributed by atoms with van der Waals surface area (Å²) in [4.78, 5) is 8.84. The highest BCUT2D eigenvalue weighted by atomic mass is 16.3. The van der Waals surface area contributed by atoms with Gasteiger partial charge in [0.1, 0.15) is 17.4 Å². The second-order valence-electron chi connectivity index (χ2n) is 4.90. The van der Waals surface area contributed by atoms with Gasteiger partial charge in [-0.3, -0.25) is 0 Å². The van der Waals surface area contributed by atoms with Gasteiger partial charge in [-0.2, -0.15) is 5.26 Å². The van der Waals surface area contributed by atoms with Crippen molar-refractivity contribution in [3.8, 4) is 34.3 Å². The number of aromatic hydroxyl groups is 1. The number of phenolic OH excluding ortho intramolecular Hbond substituents is 1. The Morgan fingerprint density at radius 2 is 1.61 bits per heavy atom. The van der Waals surface area contributed by atoms with Crippen LogP contribution in [0.5, 0.6) is 5.75 Å². The lowest BCUT2D eigenvalue weighted by molar-refractivity contribution is 0.475. The topological polar surface area (TPSA) is 81.8 Å². The van der Waals surface area contributed by atoms with Crippen LogP contribution in [0.15, 0.2) is 54.6 Å². The Bertz CT molecular complexity index is 885. The second kappa shape index (κ2) is 6.16. The van der Waals surface area contributed by atoms with Crippen molar-refractivity contribution < 1.29 is 5.11 Å². The zero-order valence-electron chi connectivity index (χ0n) is 12.5. The van der Waals surface area contributed by atoms with Gasteiger partial charge in [0.25, 0.3) is 0 Å². The van der Waals surface area contributed by atoms with Crippen molar-refractivity contribution in [2.45, 2.75) is 0 Å². The molecule has 0 aliphatic rings. The van der Waals surface area contributed by atoms with Gasteiger partial charge in [-0.25, -0.2) is 9.97 Å². The first-order valence-corrected chi connectivity index (χ1v) is 7.07. The summed E-state index contributed by atoms with van der Waals surface area (Å²) in [7, 11) is 1.72. The van der Waals surface area contributed by atoms with E-state index in [1.807, 2.05) is 30.3 Å². The summed E-state index contributed by atoms with van der Waals surface area (Å²) in [5, 5.41) is 22.3. The van der Waals surface area contributed by atoms with Crippen LogP contribution in [0.1, 0.15) is 5.56 Å². The molecule has 3 rings (SSSR count). The summed E-state index contributed by atoms with van der Waals surface area (Å²) in [6.45, 7) is 0. The Kier molecular flexibility index (Phi) is 3.89. The first kappa shape index (κ1) is 14.5. The highest BCUT2D eigenvalue weighted by Crippen LogP contribution is 2.31. The van der Waals surface area contributed by atoms with E-state index >= 15 is 0 Å². The number of nitrogens with one attached hydrogen (secondary N) is 1. The molecule has 0 aliphatic heterocycles. The van der Waals surface area contributed by atoms with Crippen molar-refractivity contribution in [1.29, 1.82) is 5.26 Å². The van der Waals surface area contributed by atoms with Crippen LogP contribution in [0.2, 0.25) is 0 Å². The van der Waals surface area contributed by atoms with Crippen molar-refractivity contribution in [2.24, 2.45) is 0 Å². The van der Waals surface area contributed by atoms with E-state index in [0.29, 0.717) is 28.5 Å². The van der Waals surface area contributed by atoms with Crippen molar-refractivity contribution in [3.05, 3.63) is 60.2 Å². The van der Waals surface area contributed by atoms with E-state index in [4.69, 9.17) is 0 Å². The summed E-state index contributed by atoms with van der Waals surface area (Å²) < 4.78 is 0. The molecule has 0 saturated heterocycles. The molecule has 1 aromatic heterocycles. The molecule has 2 N–H and O–H groups in total. The minimum atomic E-state index is 0.122. The van der Waals surface area contributed by atoms with Gasteiger partial charge in [-0.05, 0) is 12.1 Å². The number of aromatic nitrogens is 2. The normalized spacial score (nSPS) is 10.1. The SMILES string of the molecule is CNc1nc(-c2ccccc2)c(C#N)c(-c2cccc(O)c2)n1. The third-order valence-corrected chi connectivity index (χ3v) is 3.41. The van der Waals surface area contributed by atoms with Crippen molar-refractivity contribution in [1.82, 2.24) is 9.97 Å². The van der Waals surface area contributed by atoms with Crippen LogP contribution in [-0.2, 0) is 0 Å². The number of benzene rings is 2. The number of hydrogen-bond donors (Lipinski definition) is 2. The van der Waals surface area contributed by atoms with Crippen LogP contribution in [0.3, 0.4) is 0 Å². The lowest BCUT2D eigenvalue weighted by Crippen LogP contribution is -2.03. The molecule has 0 unspecified atom stereocenters. The molecule has 1 heterocycles. The molecular formula is C18H14N4O. The highest BCUT2D eigenvalue weighted by molar-refractivity contribution is 5.78. The predicted molar refractivity (Wildman–Crippen MR) is 88.8 cm³/mol. The fourth-order valence-corrected chi connectivity index (χ4v) is 2.35. The predicted octanol–water partition coefficient (Wildman–Crippen LogP) is 3.43. The maximum atomic E-state index is 9.71. The van der Waals surface area contributed by atoms with Gasteiger partial charge in [-0.15, -0.1) is 0 Å². The van der Waals surface area contributed by atoms with Crippen molar-refractivity contribution >= 4 is 5.95 Å². The van der Waals surface area contributed by atoms with E-state index < -0.39 is 0 Å². The molecule has 0 spiro atoms. The van der Waals surface area contributed by atoms with Gasteiger partial charge < -0.3 is 10.4 Å². The van der Waals surface area contributed by atoms with Crippen LogP contribution in [0.25, 0.3) is 22.5 Å². The molecule has 0 aliphatic carbocycles. The number of anilines is 1. The molecule has 0 amide bonds. The van der Waals surface area contributed by atoms with Crippen LogP contribution in [0.4, 0.5) is 5.95 Å². The van der Waals surface area contributed by atoms with E-state index in [2.05, 4.69) is 21.4 Å². The van der Waals surface area contributed by atoms with Crippen molar-refractivity contribution in [2.75, 3.05) is 12.4 Å². The average molecular weight is 302 g/mol. The molecule has 0 fully saturated rings. The molecule has 0 atom stereocenters. The molecule has 2 aromatic carbocycles. The first-order chi connectivity index (χ1) is 11.2. The highest BCUT2D eigenvalue weighted by Gasteiger charge is 2.17. The summed E-state index contributed by atoms with van der Waals surface area (Å²) in [6.07, 6.45) is 0. The van der Waals surface area contributed by atoms with Crippen LogP contribution in [-0.4, -0.2) is 22.1 Å². The lowest BCUT2D eigenvalue weighted by atomic mass is 10.0. The van der Waals surface area contributed by atoms with Gasteiger partial charge in [0, 0.05) is 18.2 Å². The maximum Gasteiger partial charge on any atom is 0.223 e. The Hall–Kier alpha value is -3.39. The van der Waals surface area contributed by atoms with E-state index in [1.54, 1.807) is 31.3 Å². The van der Waals surface area contributed by atoms with Crippen LogP contribution >= 0.6 is 0 Å². The van der Waals surface area contributed by atoms with Crippen LogP contribution in [0, 0.1) is 11.3 Å². The number of hydrogen-bond acceptors (Lipinski definition) is 5. The smallest absolute Gasteiger partial charge is 0.223 e. The molecule has 0 bridgehead atoms. The Labute approximate surface area is 133 Å². The van der Waals surface area contributed by atoms with Gasteiger partial charge >= 0.3 is 0 Å². The molecule has 0 radical (unpaired) electrons. The third-order valence-electron chi connectivity index (χ3n) is 3.41. The number of phenols is 1. The summed E-state index contributed by atoms with van der Waals surface area (Å²) >= 11 is 0. The maximum absolute atomic E-state index is 9.71. The fraction of sp³-hybridized carbons (Fsp3) is 0.0556. The zero-order chi connectivity index (χ0) is 16.2. The first-order valence-electron chi connectivity index (χ1n) is 7.07. The van der Waals surface area contributed by atoms with Gasteiger partial charge in [-0.1, -0.05) is 42.5 Å². The summed E-state index contributed by atoms with van der Waals surface area (Å²) in [6, 6.07) is 18.4. The molecular weight excluding hydrogens is 288 g/mol. The molecule has 112 valence electrons. The van der Waals surface area contributed by atoms with Gasteiger partial charge in [0.15, 0.2) is 0 Å². The van der Waals surface area contributed by atoms with Gasteiger partial charge in [0.05, 0.1) is 11.4 Å². The Morgan fingerprint density at radius 1 is 0.957 bits per heavy atom. The molecule has 5 heteroatoms. The second-order valence-corrected chi connectivity index (χ2v) is 4.90. The number of nitrogens with zero attached hydrogens (tertiary/aromatic N) is 3. The van der Waals surface area contributed by atoms with E-state index in [1.165, 1.54) is 0 Å². The molecule has 5 nitrogen and oxygen atoms in total. The van der Waals surface area contributed by atoms with Crippen LogP contribution < -0.4 is 5.32 Å². The summed E-state index contributed by atoms with van der Waals surface area (Å²) in [5.74, 6) is 0.540.